The molecule has 142 valence electrons. The fraction of sp³-hybridized carbons (Fsp3) is 0.550. The van der Waals surface area contributed by atoms with Gasteiger partial charge in [0.15, 0.2) is 0 Å². The lowest BCUT2D eigenvalue weighted by molar-refractivity contribution is -0.119. The zero-order chi connectivity index (χ0) is 18.4. The minimum absolute atomic E-state index is 0.0993. The van der Waals surface area contributed by atoms with Gasteiger partial charge in [-0.05, 0) is 50.8 Å². The molecule has 27 heavy (non-hydrogen) atoms. The number of hydrogen-bond donors (Lipinski definition) is 1. The van der Waals surface area contributed by atoms with Gasteiger partial charge >= 0.3 is 0 Å². The van der Waals surface area contributed by atoms with Crippen LogP contribution in [0.1, 0.15) is 42.6 Å². The van der Waals surface area contributed by atoms with Crippen LogP contribution in [-0.4, -0.2) is 53.9 Å². The highest BCUT2D eigenvalue weighted by molar-refractivity contribution is 7.17. The van der Waals surface area contributed by atoms with Gasteiger partial charge < -0.3 is 15.1 Å². The van der Waals surface area contributed by atoms with Crippen molar-refractivity contribution in [2.45, 2.75) is 38.1 Å². The molecule has 0 radical (unpaired) electrons. The van der Waals surface area contributed by atoms with Crippen LogP contribution in [0.3, 0.4) is 0 Å². The summed E-state index contributed by atoms with van der Waals surface area (Å²) in [6.07, 6.45) is 6.71. The van der Waals surface area contributed by atoms with Gasteiger partial charge in [-0.15, -0.1) is 11.3 Å². The Bertz CT molecular complexity index is 887. The van der Waals surface area contributed by atoms with E-state index in [1.54, 1.807) is 17.5 Å². The standard InChI is InChI=1S/C20H24N4O2S/c25-19-3-1-2-6-24(19)17-12-27-18-10-21-15(9-14(17)18)20(26)22-16-11-23-7-4-13(16)5-8-23/h9-10,12-13,16H,1-8,11H2,(H,22,26). The zero-order valence-electron chi connectivity index (χ0n) is 15.3. The summed E-state index contributed by atoms with van der Waals surface area (Å²) in [5.74, 6) is 0.666. The number of amides is 2. The first-order chi connectivity index (χ1) is 13.2. The maximum atomic E-state index is 12.8. The predicted molar refractivity (Wildman–Crippen MR) is 106 cm³/mol. The number of hydrogen-bond acceptors (Lipinski definition) is 5. The Labute approximate surface area is 162 Å². The van der Waals surface area contributed by atoms with Gasteiger partial charge in [-0.3, -0.25) is 9.59 Å². The molecule has 6 rings (SSSR count). The molecule has 6 nitrogen and oxygen atoms in total. The second-order valence-electron chi connectivity index (χ2n) is 7.91. The topological polar surface area (TPSA) is 65.5 Å². The van der Waals surface area contributed by atoms with E-state index in [1.807, 2.05) is 16.3 Å². The Hall–Kier alpha value is -1.99. The van der Waals surface area contributed by atoms with E-state index >= 15 is 0 Å². The summed E-state index contributed by atoms with van der Waals surface area (Å²) in [7, 11) is 0. The number of pyridine rings is 1. The average molecular weight is 385 g/mol. The van der Waals surface area contributed by atoms with Gasteiger partial charge in [0.25, 0.3) is 5.91 Å². The van der Waals surface area contributed by atoms with E-state index < -0.39 is 0 Å². The zero-order valence-corrected chi connectivity index (χ0v) is 16.1. The molecular formula is C20H24N4O2S. The minimum atomic E-state index is -0.0993. The van der Waals surface area contributed by atoms with Gasteiger partial charge in [0.2, 0.25) is 5.91 Å². The number of rotatable bonds is 3. The fourth-order valence-electron chi connectivity index (χ4n) is 4.68. The molecule has 0 saturated carbocycles. The highest BCUT2D eigenvalue weighted by Gasteiger charge is 2.35. The molecule has 7 heteroatoms. The van der Waals surface area contributed by atoms with Crippen LogP contribution in [0.5, 0.6) is 0 Å². The van der Waals surface area contributed by atoms with Crippen molar-refractivity contribution < 1.29 is 9.59 Å². The Kier molecular flexibility index (Phi) is 4.36. The maximum Gasteiger partial charge on any atom is 0.270 e. The van der Waals surface area contributed by atoms with Crippen molar-refractivity contribution in [3.8, 4) is 0 Å². The molecule has 0 aliphatic carbocycles. The van der Waals surface area contributed by atoms with Gasteiger partial charge in [-0.25, -0.2) is 4.98 Å². The van der Waals surface area contributed by atoms with Crippen LogP contribution in [0, 0.1) is 5.92 Å². The molecule has 2 aromatic rings. The van der Waals surface area contributed by atoms with Crippen LogP contribution in [0.15, 0.2) is 17.6 Å². The number of anilines is 1. The van der Waals surface area contributed by atoms with Crippen molar-refractivity contribution in [3.63, 3.8) is 0 Å². The third kappa shape index (κ3) is 3.12. The summed E-state index contributed by atoms with van der Waals surface area (Å²) >= 11 is 1.58. The van der Waals surface area contributed by atoms with E-state index in [2.05, 4.69) is 15.2 Å². The third-order valence-electron chi connectivity index (χ3n) is 6.26. The monoisotopic (exact) mass is 384 g/mol. The molecule has 1 N–H and O–H groups in total. The van der Waals surface area contributed by atoms with Crippen LogP contribution < -0.4 is 10.2 Å². The molecule has 0 aromatic carbocycles. The van der Waals surface area contributed by atoms with Crippen molar-refractivity contribution >= 4 is 38.9 Å². The molecule has 2 aromatic heterocycles. The first-order valence-corrected chi connectivity index (χ1v) is 10.8. The highest BCUT2D eigenvalue weighted by Crippen LogP contribution is 2.35. The average Bonchev–Trinajstić information content (AvgIpc) is 3.12. The molecule has 1 unspecified atom stereocenters. The summed E-state index contributed by atoms with van der Waals surface area (Å²) in [5, 5.41) is 6.19. The van der Waals surface area contributed by atoms with Gasteiger partial charge in [0.1, 0.15) is 5.69 Å². The lowest BCUT2D eigenvalue weighted by atomic mass is 9.84. The molecule has 0 spiro atoms. The SMILES string of the molecule is O=C(NC1CN2CCC1CC2)c1cc2c(N3CCCCC3=O)csc2cn1. The van der Waals surface area contributed by atoms with E-state index in [9.17, 15) is 9.59 Å². The van der Waals surface area contributed by atoms with E-state index in [0.29, 0.717) is 18.0 Å². The van der Waals surface area contributed by atoms with Crippen LogP contribution >= 0.6 is 11.3 Å². The Balaban J connectivity index is 1.39. The van der Waals surface area contributed by atoms with Crippen molar-refractivity contribution in [3.05, 3.63) is 23.3 Å². The molecule has 2 amide bonds. The summed E-state index contributed by atoms with van der Waals surface area (Å²) in [6.45, 7) is 4.02. The number of thiophene rings is 1. The van der Waals surface area contributed by atoms with Gasteiger partial charge in [-0.2, -0.15) is 0 Å². The molecule has 1 atom stereocenters. The number of carbonyl (C=O) groups excluding carboxylic acids is 2. The summed E-state index contributed by atoms with van der Waals surface area (Å²) in [6, 6.07) is 2.09. The number of fused-ring (bicyclic) bond motifs is 4. The quantitative estimate of drug-likeness (QED) is 0.884. The lowest BCUT2D eigenvalue weighted by Gasteiger charge is -2.44. The molecule has 4 aliphatic heterocycles. The van der Waals surface area contributed by atoms with Crippen LogP contribution in [0.2, 0.25) is 0 Å². The van der Waals surface area contributed by atoms with Crippen molar-refractivity contribution in [1.82, 2.24) is 15.2 Å². The van der Waals surface area contributed by atoms with E-state index in [1.165, 1.54) is 12.8 Å². The Morgan fingerprint density at radius 1 is 1.22 bits per heavy atom. The van der Waals surface area contributed by atoms with Crippen LogP contribution in [-0.2, 0) is 4.79 Å². The largest absolute Gasteiger partial charge is 0.346 e. The number of aromatic nitrogens is 1. The number of nitrogens with one attached hydrogen (secondary N) is 1. The lowest BCUT2D eigenvalue weighted by Crippen LogP contribution is -2.57. The molecular weight excluding hydrogens is 360 g/mol. The Morgan fingerprint density at radius 3 is 2.81 bits per heavy atom. The first-order valence-electron chi connectivity index (χ1n) is 9.90. The number of piperidine rings is 4. The molecule has 4 fully saturated rings. The Morgan fingerprint density at radius 2 is 2.07 bits per heavy atom. The summed E-state index contributed by atoms with van der Waals surface area (Å²) in [5.41, 5.74) is 1.38. The molecule has 4 saturated heterocycles. The second-order valence-corrected chi connectivity index (χ2v) is 8.82. The van der Waals surface area contributed by atoms with Gasteiger partial charge in [0, 0.05) is 42.5 Å². The van der Waals surface area contributed by atoms with Crippen LogP contribution in [0.25, 0.3) is 10.1 Å². The smallest absolute Gasteiger partial charge is 0.270 e. The van der Waals surface area contributed by atoms with Crippen LogP contribution in [0.4, 0.5) is 5.69 Å². The normalized spacial score (nSPS) is 27.9. The number of nitrogens with zero attached hydrogens (tertiary/aromatic N) is 3. The molecule has 2 bridgehead atoms. The predicted octanol–water partition coefficient (Wildman–Crippen LogP) is 2.64. The maximum absolute atomic E-state index is 12.8. The summed E-state index contributed by atoms with van der Waals surface area (Å²) < 4.78 is 1.02. The van der Waals surface area contributed by atoms with Crippen molar-refractivity contribution in [1.29, 1.82) is 0 Å². The summed E-state index contributed by atoms with van der Waals surface area (Å²) in [4.78, 5) is 33.9. The van der Waals surface area contributed by atoms with E-state index in [4.69, 9.17) is 0 Å². The highest BCUT2D eigenvalue weighted by atomic mass is 32.1. The minimum Gasteiger partial charge on any atom is -0.346 e. The fourth-order valence-corrected chi connectivity index (χ4v) is 5.58. The van der Waals surface area contributed by atoms with E-state index in [-0.39, 0.29) is 17.9 Å². The first kappa shape index (κ1) is 17.1. The molecule has 6 heterocycles. The van der Waals surface area contributed by atoms with Gasteiger partial charge in [-0.1, -0.05) is 0 Å². The third-order valence-corrected chi connectivity index (χ3v) is 7.18. The second kappa shape index (κ2) is 6.87. The van der Waals surface area contributed by atoms with Crippen molar-refractivity contribution in [2.24, 2.45) is 5.92 Å². The number of carbonyl (C=O) groups is 2. The van der Waals surface area contributed by atoms with Gasteiger partial charge in [0.05, 0.1) is 10.4 Å². The van der Waals surface area contributed by atoms with E-state index in [0.717, 1.165) is 54.8 Å². The molecule has 4 aliphatic rings. The van der Waals surface area contributed by atoms with Crippen molar-refractivity contribution in [2.75, 3.05) is 31.1 Å².